The molecule has 0 aromatic heterocycles. The molecule has 0 spiro atoms. The fourth-order valence-corrected chi connectivity index (χ4v) is 3.14. The third-order valence-electron chi connectivity index (χ3n) is 4.56. The van der Waals surface area contributed by atoms with Gasteiger partial charge < -0.3 is 10.1 Å². The number of hydrogen-bond donors (Lipinski definition) is 1. The lowest BCUT2D eigenvalue weighted by atomic mass is 9.96. The van der Waals surface area contributed by atoms with Crippen molar-refractivity contribution in [1.29, 1.82) is 0 Å². The maximum atomic E-state index is 12.9. The molecule has 0 aliphatic rings. The Balaban J connectivity index is 1.68. The normalized spacial score (nSPS) is 11.8. The molecule has 28 heavy (non-hydrogen) atoms. The van der Waals surface area contributed by atoms with Crippen LogP contribution in [0.5, 0.6) is 5.75 Å². The molecule has 0 bridgehead atoms. The van der Waals surface area contributed by atoms with E-state index in [-0.39, 0.29) is 11.9 Å². The zero-order valence-electron chi connectivity index (χ0n) is 16.5. The Hall–Kier alpha value is -3.07. The van der Waals surface area contributed by atoms with Gasteiger partial charge in [0.15, 0.2) is 0 Å². The first-order chi connectivity index (χ1) is 13.6. The van der Waals surface area contributed by atoms with Crippen molar-refractivity contribution in [2.45, 2.75) is 32.9 Å². The van der Waals surface area contributed by atoms with Crippen LogP contribution >= 0.6 is 0 Å². The Kier molecular flexibility index (Phi) is 6.85. The lowest BCUT2D eigenvalue weighted by Crippen LogP contribution is -2.29. The summed E-state index contributed by atoms with van der Waals surface area (Å²) in [7, 11) is 0. The van der Waals surface area contributed by atoms with Gasteiger partial charge in [-0.15, -0.1) is 0 Å². The van der Waals surface area contributed by atoms with Crippen LogP contribution < -0.4 is 10.1 Å². The van der Waals surface area contributed by atoms with Crippen molar-refractivity contribution in [3.63, 3.8) is 0 Å². The molecule has 0 aliphatic heterocycles. The van der Waals surface area contributed by atoms with E-state index in [4.69, 9.17) is 4.74 Å². The Morgan fingerprint density at radius 3 is 2.25 bits per heavy atom. The maximum absolute atomic E-state index is 12.9. The van der Waals surface area contributed by atoms with Crippen LogP contribution in [-0.2, 0) is 6.61 Å². The molecular formula is C25H27NO2. The summed E-state index contributed by atoms with van der Waals surface area (Å²) >= 11 is 0. The molecular weight excluding hydrogens is 346 g/mol. The minimum absolute atomic E-state index is 0.0115. The molecule has 0 fully saturated rings. The first-order valence-corrected chi connectivity index (χ1v) is 9.74. The van der Waals surface area contributed by atoms with Gasteiger partial charge in [0.1, 0.15) is 12.4 Å². The van der Waals surface area contributed by atoms with Crippen LogP contribution in [0.15, 0.2) is 84.9 Å². The minimum atomic E-state index is -0.0836. The van der Waals surface area contributed by atoms with Gasteiger partial charge in [-0.25, -0.2) is 0 Å². The van der Waals surface area contributed by atoms with Gasteiger partial charge in [-0.1, -0.05) is 80.6 Å². The summed E-state index contributed by atoms with van der Waals surface area (Å²) in [5, 5.41) is 3.19. The second kappa shape index (κ2) is 9.75. The molecule has 3 aromatic carbocycles. The molecule has 3 rings (SSSR count). The average molecular weight is 373 g/mol. The largest absolute Gasteiger partial charge is 0.489 e. The lowest BCUT2D eigenvalue weighted by Gasteiger charge is -2.21. The molecule has 144 valence electrons. The second-order valence-corrected chi connectivity index (χ2v) is 7.37. The molecule has 1 atom stereocenters. The summed E-state index contributed by atoms with van der Waals surface area (Å²) in [5.74, 6) is 1.09. The van der Waals surface area contributed by atoms with E-state index in [0.717, 1.165) is 17.5 Å². The zero-order valence-corrected chi connectivity index (χ0v) is 16.5. The Morgan fingerprint density at radius 1 is 0.893 bits per heavy atom. The Bertz CT molecular complexity index is 875. The highest BCUT2D eigenvalue weighted by Crippen LogP contribution is 2.22. The average Bonchev–Trinajstić information content (AvgIpc) is 2.73. The van der Waals surface area contributed by atoms with Gasteiger partial charge in [0.2, 0.25) is 0 Å². The number of benzene rings is 3. The smallest absolute Gasteiger partial charge is 0.251 e. The Morgan fingerprint density at radius 2 is 1.57 bits per heavy atom. The van der Waals surface area contributed by atoms with Crippen LogP contribution in [0.4, 0.5) is 0 Å². The van der Waals surface area contributed by atoms with E-state index in [1.54, 1.807) is 6.07 Å². The number of rotatable bonds is 8. The van der Waals surface area contributed by atoms with Gasteiger partial charge in [-0.2, -0.15) is 0 Å². The third-order valence-corrected chi connectivity index (χ3v) is 4.56. The minimum Gasteiger partial charge on any atom is -0.489 e. The zero-order chi connectivity index (χ0) is 19.8. The molecule has 3 nitrogen and oxygen atoms in total. The van der Waals surface area contributed by atoms with Gasteiger partial charge in [0, 0.05) is 5.56 Å². The summed E-state index contributed by atoms with van der Waals surface area (Å²) in [5.41, 5.74) is 2.83. The SMILES string of the molecule is CC(C)C[C@@H](NC(=O)c1cccc(OCc2ccccc2)c1)c1ccccc1. The molecule has 0 aliphatic carbocycles. The van der Waals surface area contributed by atoms with Crippen molar-refractivity contribution in [2.24, 2.45) is 5.92 Å². The van der Waals surface area contributed by atoms with Crippen LogP contribution in [0.25, 0.3) is 0 Å². The molecule has 3 heteroatoms. The summed E-state index contributed by atoms with van der Waals surface area (Å²) in [6, 6.07) is 27.5. The topological polar surface area (TPSA) is 38.3 Å². The number of nitrogens with one attached hydrogen (secondary N) is 1. The molecule has 3 aromatic rings. The van der Waals surface area contributed by atoms with E-state index < -0.39 is 0 Å². The predicted molar refractivity (Wildman–Crippen MR) is 113 cm³/mol. The fraction of sp³-hybridized carbons (Fsp3) is 0.240. The van der Waals surface area contributed by atoms with E-state index in [1.807, 2.05) is 66.7 Å². The number of amides is 1. The van der Waals surface area contributed by atoms with E-state index in [2.05, 4.69) is 31.3 Å². The molecule has 1 N–H and O–H groups in total. The van der Waals surface area contributed by atoms with Gasteiger partial charge >= 0.3 is 0 Å². The van der Waals surface area contributed by atoms with Crippen molar-refractivity contribution in [1.82, 2.24) is 5.32 Å². The number of ether oxygens (including phenoxy) is 1. The quantitative estimate of drug-likeness (QED) is 0.543. The summed E-state index contributed by atoms with van der Waals surface area (Å²) in [4.78, 5) is 12.9. The Labute approximate surface area is 167 Å². The molecule has 0 saturated heterocycles. The number of carbonyl (C=O) groups is 1. The molecule has 0 radical (unpaired) electrons. The lowest BCUT2D eigenvalue weighted by molar-refractivity contribution is 0.0931. The summed E-state index contributed by atoms with van der Waals surface area (Å²) in [6.07, 6.45) is 0.889. The van der Waals surface area contributed by atoms with Crippen molar-refractivity contribution >= 4 is 5.91 Å². The molecule has 0 saturated carbocycles. The van der Waals surface area contributed by atoms with E-state index in [9.17, 15) is 4.79 Å². The van der Waals surface area contributed by atoms with Crippen molar-refractivity contribution in [3.05, 3.63) is 102 Å². The van der Waals surface area contributed by atoms with E-state index in [0.29, 0.717) is 23.8 Å². The highest BCUT2D eigenvalue weighted by molar-refractivity contribution is 5.94. The third kappa shape index (κ3) is 5.71. The van der Waals surface area contributed by atoms with Crippen LogP contribution in [0.3, 0.4) is 0 Å². The molecule has 1 amide bonds. The van der Waals surface area contributed by atoms with E-state index >= 15 is 0 Å². The number of hydrogen-bond acceptors (Lipinski definition) is 2. The second-order valence-electron chi connectivity index (χ2n) is 7.37. The number of carbonyl (C=O) groups excluding carboxylic acids is 1. The van der Waals surface area contributed by atoms with Gasteiger partial charge in [-0.3, -0.25) is 4.79 Å². The first-order valence-electron chi connectivity index (χ1n) is 9.74. The highest BCUT2D eigenvalue weighted by atomic mass is 16.5. The maximum Gasteiger partial charge on any atom is 0.251 e. The van der Waals surface area contributed by atoms with E-state index in [1.165, 1.54) is 0 Å². The van der Waals surface area contributed by atoms with Gasteiger partial charge in [0.25, 0.3) is 5.91 Å². The molecule has 0 heterocycles. The van der Waals surface area contributed by atoms with Crippen LogP contribution in [0.1, 0.15) is 47.8 Å². The monoisotopic (exact) mass is 373 g/mol. The fourth-order valence-electron chi connectivity index (χ4n) is 3.14. The summed E-state index contributed by atoms with van der Waals surface area (Å²) in [6.45, 7) is 4.81. The van der Waals surface area contributed by atoms with Gasteiger partial charge in [0.05, 0.1) is 6.04 Å². The molecule has 0 unspecified atom stereocenters. The standard InChI is InChI=1S/C25H27NO2/c1-19(2)16-24(21-12-7-4-8-13-21)26-25(27)22-14-9-15-23(17-22)28-18-20-10-5-3-6-11-20/h3-15,17,19,24H,16,18H2,1-2H3,(H,26,27)/t24-/m1/s1. The van der Waals surface area contributed by atoms with Gasteiger partial charge in [-0.05, 0) is 41.7 Å². The van der Waals surface area contributed by atoms with Crippen LogP contribution in [0, 0.1) is 5.92 Å². The highest BCUT2D eigenvalue weighted by Gasteiger charge is 2.17. The van der Waals surface area contributed by atoms with Crippen LogP contribution in [0.2, 0.25) is 0 Å². The predicted octanol–water partition coefficient (Wildman–Crippen LogP) is 5.78. The summed E-state index contributed by atoms with van der Waals surface area (Å²) < 4.78 is 5.86. The van der Waals surface area contributed by atoms with Crippen molar-refractivity contribution in [2.75, 3.05) is 0 Å². The first kappa shape index (κ1) is 19.7. The van der Waals surface area contributed by atoms with Crippen LogP contribution in [-0.4, -0.2) is 5.91 Å². The van der Waals surface area contributed by atoms with Crippen molar-refractivity contribution in [3.8, 4) is 5.75 Å². The van der Waals surface area contributed by atoms with Crippen molar-refractivity contribution < 1.29 is 9.53 Å².